The Hall–Kier alpha value is -4.69. The molecular formula is C34H48N4O10. The molecule has 5 N–H and O–H groups in total. The van der Waals surface area contributed by atoms with E-state index in [1.54, 1.807) is 41.5 Å². The van der Waals surface area contributed by atoms with Crippen LogP contribution in [0.2, 0.25) is 0 Å². The number of esters is 3. The van der Waals surface area contributed by atoms with Crippen LogP contribution in [-0.2, 0) is 38.1 Å². The van der Waals surface area contributed by atoms with Gasteiger partial charge in [0.1, 0.15) is 29.9 Å². The van der Waals surface area contributed by atoms with Gasteiger partial charge in [0.2, 0.25) is 0 Å². The van der Waals surface area contributed by atoms with E-state index in [9.17, 15) is 24.0 Å². The van der Waals surface area contributed by atoms with Gasteiger partial charge >= 0.3 is 30.1 Å². The van der Waals surface area contributed by atoms with Crippen LogP contribution in [0, 0.1) is 0 Å². The Morgan fingerprint density at radius 2 is 1.19 bits per heavy atom. The number of benzene rings is 2. The molecule has 48 heavy (non-hydrogen) atoms. The van der Waals surface area contributed by atoms with Crippen molar-refractivity contribution in [1.82, 2.24) is 16.0 Å². The molecule has 2 aromatic carbocycles. The standard InChI is InChI=1S/C25H30N2O6.C9H18N2O4/c1-25(2,3)33-24(30)27-13-21(23(29)31-4)26-14-22(28)32-15-20-18-11-7-5-9-16(18)17-10-6-8-12-19(17)20;1-9(2,3)15-8(13)11-5-6(10)7(12)14-4/h5-12,20-21,26H,13-15H2,1-4H3,(H,27,30);6H,5,10H2,1-4H3,(H,11,13). The van der Waals surface area contributed by atoms with Gasteiger partial charge in [0.15, 0.2) is 0 Å². The minimum Gasteiger partial charge on any atom is -0.468 e. The monoisotopic (exact) mass is 672 g/mol. The number of hydrogen-bond donors (Lipinski definition) is 4. The lowest BCUT2D eigenvalue weighted by atomic mass is 9.98. The fourth-order valence-corrected chi connectivity index (χ4v) is 4.50. The molecule has 14 nitrogen and oxygen atoms in total. The molecule has 0 aromatic heterocycles. The first-order valence-corrected chi connectivity index (χ1v) is 15.4. The smallest absolute Gasteiger partial charge is 0.407 e. The number of carbonyl (C=O) groups excluding carboxylic acids is 5. The Labute approximate surface area is 281 Å². The van der Waals surface area contributed by atoms with E-state index >= 15 is 0 Å². The van der Waals surface area contributed by atoms with Crippen molar-refractivity contribution in [3.05, 3.63) is 59.7 Å². The molecule has 1 aliphatic rings. The van der Waals surface area contributed by atoms with Gasteiger partial charge in [0.05, 0.1) is 20.8 Å². The number of nitrogens with one attached hydrogen (secondary N) is 3. The van der Waals surface area contributed by atoms with Gasteiger partial charge in [-0.3, -0.25) is 19.7 Å². The van der Waals surface area contributed by atoms with Crippen LogP contribution in [0.15, 0.2) is 48.5 Å². The summed E-state index contributed by atoms with van der Waals surface area (Å²) in [6.45, 7) is 10.3. The van der Waals surface area contributed by atoms with Crippen molar-refractivity contribution in [2.75, 3.05) is 40.5 Å². The van der Waals surface area contributed by atoms with Gasteiger partial charge in [-0.2, -0.15) is 0 Å². The zero-order valence-corrected chi connectivity index (χ0v) is 28.8. The largest absolute Gasteiger partial charge is 0.468 e. The van der Waals surface area contributed by atoms with Gasteiger partial charge in [-0.05, 0) is 63.8 Å². The molecule has 2 unspecified atom stereocenters. The topological polar surface area (TPSA) is 194 Å². The summed E-state index contributed by atoms with van der Waals surface area (Å²) in [7, 11) is 2.47. The van der Waals surface area contributed by atoms with Crippen molar-refractivity contribution in [2.24, 2.45) is 5.73 Å². The van der Waals surface area contributed by atoms with Crippen molar-refractivity contribution in [3.8, 4) is 11.1 Å². The maximum atomic E-state index is 12.4. The van der Waals surface area contributed by atoms with E-state index in [4.69, 9.17) is 24.7 Å². The van der Waals surface area contributed by atoms with Crippen molar-refractivity contribution in [2.45, 2.75) is 70.7 Å². The zero-order chi connectivity index (χ0) is 36.1. The van der Waals surface area contributed by atoms with E-state index in [1.165, 1.54) is 14.2 Å². The van der Waals surface area contributed by atoms with E-state index in [-0.39, 0.29) is 32.2 Å². The highest BCUT2D eigenvalue weighted by atomic mass is 16.6. The summed E-state index contributed by atoms with van der Waals surface area (Å²) in [5.74, 6) is -1.75. The van der Waals surface area contributed by atoms with Crippen LogP contribution in [-0.4, -0.2) is 93.8 Å². The molecule has 0 aliphatic heterocycles. The molecule has 2 aromatic rings. The van der Waals surface area contributed by atoms with Crippen LogP contribution in [0.3, 0.4) is 0 Å². The highest BCUT2D eigenvalue weighted by molar-refractivity contribution is 5.80. The second-order valence-electron chi connectivity index (χ2n) is 12.8. The molecule has 0 saturated heterocycles. The first-order valence-electron chi connectivity index (χ1n) is 15.4. The molecule has 0 spiro atoms. The average molecular weight is 673 g/mol. The minimum atomic E-state index is -0.928. The third-order valence-corrected chi connectivity index (χ3v) is 6.57. The molecule has 0 radical (unpaired) electrons. The van der Waals surface area contributed by atoms with Crippen molar-refractivity contribution < 1.29 is 47.7 Å². The summed E-state index contributed by atoms with van der Waals surface area (Å²) < 4.78 is 24.8. The number of nitrogens with two attached hydrogens (primary N) is 1. The predicted octanol–water partition coefficient (Wildman–Crippen LogP) is 3.01. The second-order valence-corrected chi connectivity index (χ2v) is 12.8. The first kappa shape index (κ1) is 39.5. The highest BCUT2D eigenvalue weighted by Crippen LogP contribution is 2.44. The number of carbonyl (C=O) groups is 5. The van der Waals surface area contributed by atoms with Crippen molar-refractivity contribution >= 4 is 30.1 Å². The van der Waals surface area contributed by atoms with E-state index in [1.807, 2.05) is 36.4 Å². The maximum absolute atomic E-state index is 12.4. The van der Waals surface area contributed by atoms with Gasteiger partial charge in [-0.1, -0.05) is 48.5 Å². The maximum Gasteiger partial charge on any atom is 0.407 e. The van der Waals surface area contributed by atoms with E-state index in [0.29, 0.717) is 0 Å². The molecular weight excluding hydrogens is 624 g/mol. The van der Waals surface area contributed by atoms with Crippen LogP contribution >= 0.6 is 0 Å². The lowest BCUT2D eigenvalue weighted by Crippen LogP contribution is -2.49. The Bertz CT molecular complexity index is 1370. The molecule has 2 atom stereocenters. The third kappa shape index (κ3) is 13.2. The Morgan fingerprint density at radius 3 is 1.65 bits per heavy atom. The number of alkyl carbamates (subject to hydrolysis) is 2. The van der Waals surface area contributed by atoms with Crippen molar-refractivity contribution in [1.29, 1.82) is 0 Å². The molecule has 0 fully saturated rings. The van der Waals surface area contributed by atoms with Crippen LogP contribution < -0.4 is 21.7 Å². The minimum absolute atomic E-state index is 0.0123. The lowest BCUT2D eigenvalue weighted by Gasteiger charge is -2.21. The summed E-state index contributed by atoms with van der Waals surface area (Å²) in [4.78, 5) is 58.3. The normalized spacial score (nSPS) is 13.3. The van der Waals surface area contributed by atoms with E-state index in [2.05, 4.69) is 32.8 Å². The number of hydrogen-bond acceptors (Lipinski definition) is 12. The molecule has 3 rings (SSSR count). The van der Waals surface area contributed by atoms with Crippen LogP contribution in [0.4, 0.5) is 9.59 Å². The average Bonchev–Trinajstić information content (AvgIpc) is 3.34. The summed E-state index contributed by atoms with van der Waals surface area (Å²) >= 11 is 0. The van der Waals surface area contributed by atoms with Gasteiger partial charge < -0.3 is 40.1 Å². The quantitative estimate of drug-likeness (QED) is 0.202. The summed E-state index contributed by atoms with van der Waals surface area (Å²) in [6.07, 6.45) is -1.28. The Balaban J connectivity index is 0.000000450. The number of amides is 2. The number of ether oxygens (including phenoxy) is 5. The number of fused-ring (bicyclic) bond motifs is 3. The molecule has 0 saturated carbocycles. The molecule has 0 heterocycles. The highest BCUT2D eigenvalue weighted by Gasteiger charge is 2.29. The van der Waals surface area contributed by atoms with Gasteiger partial charge in [-0.25, -0.2) is 9.59 Å². The summed E-state index contributed by atoms with van der Waals surface area (Å²) in [5, 5.41) is 7.65. The van der Waals surface area contributed by atoms with Crippen LogP contribution in [0.25, 0.3) is 11.1 Å². The van der Waals surface area contributed by atoms with E-state index < -0.39 is 53.4 Å². The number of rotatable bonds is 11. The Kier molecular flexibility index (Phi) is 14.8. The molecule has 14 heteroatoms. The van der Waals surface area contributed by atoms with Crippen LogP contribution in [0.5, 0.6) is 0 Å². The van der Waals surface area contributed by atoms with Gasteiger partial charge in [0.25, 0.3) is 0 Å². The van der Waals surface area contributed by atoms with E-state index in [0.717, 1.165) is 22.3 Å². The molecule has 0 bridgehead atoms. The third-order valence-electron chi connectivity index (χ3n) is 6.57. The molecule has 1 aliphatic carbocycles. The zero-order valence-electron chi connectivity index (χ0n) is 28.8. The van der Waals surface area contributed by atoms with Gasteiger partial charge in [-0.15, -0.1) is 0 Å². The number of methoxy groups -OCH3 is 2. The van der Waals surface area contributed by atoms with Gasteiger partial charge in [0, 0.05) is 19.0 Å². The Morgan fingerprint density at radius 1 is 0.729 bits per heavy atom. The van der Waals surface area contributed by atoms with Crippen LogP contribution in [0.1, 0.15) is 58.6 Å². The van der Waals surface area contributed by atoms with Crippen molar-refractivity contribution in [3.63, 3.8) is 0 Å². The second kappa shape index (κ2) is 18.0. The summed E-state index contributed by atoms with van der Waals surface area (Å²) in [5.41, 5.74) is 8.69. The fraction of sp³-hybridized carbons (Fsp3) is 0.500. The predicted molar refractivity (Wildman–Crippen MR) is 177 cm³/mol. The fourth-order valence-electron chi connectivity index (χ4n) is 4.50. The molecule has 264 valence electrons. The SMILES string of the molecule is COC(=O)C(CNC(=O)OC(C)(C)C)NCC(=O)OCC1c2ccccc2-c2ccccc21.COC(=O)C(N)CNC(=O)OC(C)(C)C. The molecule has 2 amide bonds. The lowest BCUT2D eigenvalue weighted by molar-refractivity contribution is -0.145. The summed E-state index contributed by atoms with van der Waals surface area (Å²) in [6, 6.07) is 14.3. The first-order chi connectivity index (χ1) is 22.5.